The highest BCUT2D eigenvalue weighted by Gasteiger charge is 2.13. The lowest BCUT2D eigenvalue weighted by atomic mass is 10.2. The Kier molecular flexibility index (Phi) is 3.23. The van der Waals surface area contributed by atoms with E-state index in [2.05, 4.69) is 36.7 Å². The van der Waals surface area contributed by atoms with Crippen molar-refractivity contribution >= 4 is 11.3 Å². The van der Waals surface area contributed by atoms with Crippen LogP contribution in [0.5, 0.6) is 0 Å². The van der Waals surface area contributed by atoms with Gasteiger partial charge in [-0.3, -0.25) is 0 Å². The zero-order chi connectivity index (χ0) is 10.7. The second-order valence-corrected chi connectivity index (χ2v) is 4.62. The molecule has 1 unspecified atom stereocenters. The standard InChI is InChI=1S/C12H15NOS/c1-9(11-5-3-7-14-11)13-10(2)12-6-4-8-15-12/h3-10,13H,1-2H3/t9?,10-/m0/s1. The normalized spacial score (nSPS) is 15.1. The van der Waals surface area contributed by atoms with Crippen molar-refractivity contribution in [2.45, 2.75) is 25.9 Å². The van der Waals surface area contributed by atoms with Crippen molar-refractivity contribution in [3.63, 3.8) is 0 Å². The zero-order valence-electron chi connectivity index (χ0n) is 8.94. The first-order valence-electron chi connectivity index (χ1n) is 5.10. The summed E-state index contributed by atoms with van der Waals surface area (Å²) in [5, 5.41) is 5.60. The molecule has 0 radical (unpaired) electrons. The van der Waals surface area contributed by atoms with E-state index in [0.29, 0.717) is 6.04 Å². The smallest absolute Gasteiger partial charge is 0.120 e. The lowest BCUT2D eigenvalue weighted by molar-refractivity contribution is 0.405. The van der Waals surface area contributed by atoms with E-state index in [1.807, 2.05) is 12.1 Å². The van der Waals surface area contributed by atoms with Crippen LogP contribution in [0.1, 0.15) is 36.6 Å². The first-order chi connectivity index (χ1) is 7.27. The maximum Gasteiger partial charge on any atom is 0.120 e. The Morgan fingerprint density at radius 2 is 2.07 bits per heavy atom. The molecule has 0 aliphatic heterocycles. The molecule has 0 aliphatic carbocycles. The molecule has 0 aromatic carbocycles. The van der Waals surface area contributed by atoms with E-state index in [0.717, 1.165) is 5.76 Å². The van der Waals surface area contributed by atoms with Crippen LogP contribution in [-0.2, 0) is 0 Å². The van der Waals surface area contributed by atoms with Gasteiger partial charge >= 0.3 is 0 Å². The van der Waals surface area contributed by atoms with Gasteiger partial charge in [-0.1, -0.05) is 6.07 Å². The van der Waals surface area contributed by atoms with E-state index in [9.17, 15) is 0 Å². The van der Waals surface area contributed by atoms with Gasteiger partial charge in [-0.05, 0) is 37.4 Å². The highest BCUT2D eigenvalue weighted by Crippen LogP contribution is 2.22. The molecule has 1 N–H and O–H groups in total. The molecular weight excluding hydrogens is 206 g/mol. The minimum Gasteiger partial charge on any atom is -0.468 e. The van der Waals surface area contributed by atoms with Crippen molar-refractivity contribution in [2.24, 2.45) is 0 Å². The summed E-state index contributed by atoms with van der Waals surface area (Å²) >= 11 is 1.78. The molecule has 80 valence electrons. The van der Waals surface area contributed by atoms with Crippen molar-refractivity contribution in [2.75, 3.05) is 0 Å². The van der Waals surface area contributed by atoms with E-state index in [4.69, 9.17) is 4.42 Å². The number of hydrogen-bond acceptors (Lipinski definition) is 3. The molecular formula is C12H15NOS. The molecule has 2 nitrogen and oxygen atoms in total. The molecule has 3 heteroatoms. The Balaban J connectivity index is 1.98. The molecule has 2 atom stereocenters. The van der Waals surface area contributed by atoms with Crippen LogP contribution in [0.15, 0.2) is 40.3 Å². The van der Waals surface area contributed by atoms with Gasteiger partial charge in [0, 0.05) is 10.9 Å². The third-order valence-corrected chi connectivity index (χ3v) is 3.49. The molecule has 2 aromatic heterocycles. The van der Waals surface area contributed by atoms with Crippen molar-refractivity contribution in [3.8, 4) is 0 Å². The van der Waals surface area contributed by atoms with Gasteiger partial charge in [-0.25, -0.2) is 0 Å². The minimum atomic E-state index is 0.247. The maximum atomic E-state index is 5.35. The topological polar surface area (TPSA) is 25.2 Å². The number of nitrogens with one attached hydrogen (secondary N) is 1. The third-order valence-electron chi connectivity index (χ3n) is 2.44. The lowest BCUT2D eigenvalue weighted by Gasteiger charge is -2.17. The Bertz CT molecular complexity index is 341. The fourth-order valence-corrected chi connectivity index (χ4v) is 2.36. The van der Waals surface area contributed by atoms with Crippen LogP contribution in [0.3, 0.4) is 0 Å². The molecule has 0 saturated carbocycles. The van der Waals surface area contributed by atoms with Gasteiger partial charge in [0.15, 0.2) is 0 Å². The number of thiophene rings is 1. The van der Waals surface area contributed by atoms with Gasteiger partial charge in [0.2, 0.25) is 0 Å². The van der Waals surface area contributed by atoms with Crippen LogP contribution in [0.2, 0.25) is 0 Å². The van der Waals surface area contributed by atoms with Gasteiger partial charge in [0.05, 0.1) is 12.3 Å². The Morgan fingerprint density at radius 1 is 1.20 bits per heavy atom. The van der Waals surface area contributed by atoms with Crippen LogP contribution in [-0.4, -0.2) is 0 Å². The predicted molar refractivity (Wildman–Crippen MR) is 63.0 cm³/mol. The Labute approximate surface area is 93.9 Å². The Hall–Kier alpha value is -1.06. The van der Waals surface area contributed by atoms with Crippen molar-refractivity contribution in [3.05, 3.63) is 46.5 Å². The van der Waals surface area contributed by atoms with Crippen LogP contribution in [0.25, 0.3) is 0 Å². The highest BCUT2D eigenvalue weighted by molar-refractivity contribution is 7.10. The number of rotatable bonds is 4. The van der Waals surface area contributed by atoms with E-state index < -0.39 is 0 Å². The first kappa shape index (κ1) is 10.5. The van der Waals surface area contributed by atoms with E-state index in [1.54, 1.807) is 17.6 Å². The number of furan rings is 1. The summed E-state index contributed by atoms with van der Waals surface area (Å²) in [6.07, 6.45) is 1.71. The molecule has 2 rings (SSSR count). The van der Waals surface area contributed by atoms with Crippen molar-refractivity contribution < 1.29 is 4.42 Å². The van der Waals surface area contributed by atoms with Gasteiger partial charge < -0.3 is 9.73 Å². The highest BCUT2D eigenvalue weighted by atomic mass is 32.1. The molecule has 0 aliphatic rings. The zero-order valence-corrected chi connectivity index (χ0v) is 9.75. The summed E-state index contributed by atoms with van der Waals surface area (Å²) in [7, 11) is 0. The fraction of sp³-hybridized carbons (Fsp3) is 0.333. The van der Waals surface area contributed by atoms with E-state index >= 15 is 0 Å². The second kappa shape index (κ2) is 4.64. The summed E-state index contributed by atoms with van der Waals surface area (Å²) in [6, 6.07) is 8.76. The minimum absolute atomic E-state index is 0.247. The second-order valence-electron chi connectivity index (χ2n) is 3.64. The van der Waals surface area contributed by atoms with Crippen molar-refractivity contribution in [1.82, 2.24) is 5.32 Å². The quantitative estimate of drug-likeness (QED) is 0.850. The summed E-state index contributed by atoms with van der Waals surface area (Å²) < 4.78 is 5.35. The largest absolute Gasteiger partial charge is 0.468 e. The number of hydrogen-bond donors (Lipinski definition) is 1. The fourth-order valence-electron chi connectivity index (χ4n) is 1.61. The monoisotopic (exact) mass is 221 g/mol. The summed E-state index contributed by atoms with van der Waals surface area (Å²) in [5.74, 6) is 0.985. The van der Waals surface area contributed by atoms with E-state index in [1.165, 1.54) is 4.88 Å². The van der Waals surface area contributed by atoms with Crippen molar-refractivity contribution in [1.29, 1.82) is 0 Å². The van der Waals surface area contributed by atoms with Crippen LogP contribution in [0, 0.1) is 0 Å². The first-order valence-corrected chi connectivity index (χ1v) is 5.98. The van der Waals surface area contributed by atoms with Gasteiger partial charge in [0.1, 0.15) is 5.76 Å². The predicted octanol–water partition coefficient (Wildman–Crippen LogP) is 3.75. The maximum absolute atomic E-state index is 5.35. The van der Waals surface area contributed by atoms with E-state index in [-0.39, 0.29) is 6.04 Å². The molecule has 0 fully saturated rings. The Morgan fingerprint density at radius 3 is 2.67 bits per heavy atom. The van der Waals surface area contributed by atoms with Gasteiger partial charge in [0.25, 0.3) is 0 Å². The summed E-state index contributed by atoms with van der Waals surface area (Å²) in [6.45, 7) is 4.29. The summed E-state index contributed by atoms with van der Waals surface area (Å²) in [5.41, 5.74) is 0. The molecule has 0 saturated heterocycles. The molecule has 2 aromatic rings. The third kappa shape index (κ3) is 2.49. The van der Waals surface area contributed by atoms with Crippen LogP contribution in [0.4, 0.5) is 0 Å². The SMILES string of the molecule is CC(N[C@@H](C)c1cccs1)c1ccco1. The lowest BCUT2D eigenvalue weighted by Crippen LogP contribution is -2.21. The molecule has 15 heavy (non-hydrogen) atoms. The van der Waals surface area contributed by atoms with Gasteiger partial charge in [-0.2, -0.15) is 0 Å². The molecule has 0 amide bonds. The van der Waals surface area contributed by atoms with Crippen LogP contribution < -0.4 is 5.32 Å². The molecule has 0 spiro atoms. The van der Waals surface area contributed by atoms with Gasteiger partial charge in [-0.15, -0.1) is 11.3 Å². The average Bonchev–Trinajstić information content (AvgIpc) is 2.91. The molecule has 0 bridgehead atoms. The summed E-state index contributed by atoms with van der Waals surface area (Å²) in [4.78, 5) is 1.36. The molecule has 2 heterocycles. The van der Waals surface area contributed by atoms with Crippen LogP contribution >= 0.6 is 11.3 Å². The average molecular weight is 221 g/mol.